The first-order chi connectivity index (χ1) is 21.5. The molecule has 0 radical (unpaired) electrons. The molecule has 8 heteroatoms. The Labute approximate surface area is 277 Å². The van der Waals surface area contributed by atoms with E-state index in [9.17, 15) is 9.59 Å². The molecule has 0 atom stereocenters. The zero-order chi connectivity index (χ0) is 33.9. The normalized spacial score (nSPS) is 21.5. The Hall–Kier alpha value is -2.78. The molecule has 2 aliphatic rings. The zero-order valence-corrected chi connectivity index (χ0v) is 30.0. The maximum atomic E-state index is 13.3. The molecule has 0 aliphatic carbocycles. The van der Waals surface area contributed by atoms with Gasteiger partial charge in [-0.25, -0.2) is 0 Å². The lowest BCUT2D eigenvalue weighted by Gasteiger charge is -2.53. The fourth-order valence-corrected chi connectivity index (χ4v) is 7.96. The van der Waals surface area contributed by atoms with Crippen LogP contribution >= 0.6 is 0 Å². The molecule has 2 aliphatic heterocycles. The molecule has 2 heterocycles. The summed E-state index contributed by atoms with van der Waals surface area (Å²) in [4.78, 5) is 38.8. The van der Waals surface area contributed by atoms with Gasteiger partial charge >= 0.3 is 0 Å². The summed E-state index contributed by atoms with van der Waals surface area (Å²) in [7, 11) is 0. The van der Waals surface area contributed by atoms with Crippen molar-refractivity contribution in [3.8, 4) is 11.1 Å². The summed E-state index contributed by atoms with van der Waals surface area (Å²) in [5.74, 6) is -0.126. The van der Waals surface area contributed by atoms with Gasteiger partial charge < -0.3 is 10.6 Å². The van der Waals surface area contributed by atoms with Crippen molar-refractivity contribution in [3.63, 3.8) is 0 Å². The Balaban J connectivity index is 1.35. The maximum Gasteiger partial charge on any atom is 0.251 e. The number of carbonyl (C=O) groups is 2. The summed E-state index contributed by atoms with van der Waals surface area (Å²) >= 11 is 0. The van der Waals surface area contributed by atoms with Crippen molar-refractivity contribution in [2.45, 2.75) is 142 Å². The number of carbonyl (C=O) groups excluding carboxylic acids is 2. The van der Waals surface area contributed by atoms with Crippen molar-refractivity contribution in [1.82, 2.24) is 20.8 Å². The molecule has 2 N–H and O–H groups in total. The number of piperidine rings is 2. The van der Waals surface area contributed by atoms with E-state index >= 15 is 0 Å². The number of amides is 2. The standard InChI is InChI=1S/C38H58N4O4/c1-11-21-45-41-35(3,4)23-31(24-36(41,5)6)39-33(43)29-17-13-27(14-18-29)28-15-19-30(20-16-28)34(44)40-32-25-37(7,8)42(46-22-12-2)38(9,10)26-32/h13-20,31-32H,11-12,21-26H2,1-10H3,(H,39,43)(H,40,44). The number of hydrogen-bond acceptors (Lipinski definition) is 6. The van der Waals surface area contributed by atoms with Gasteiger partial charge in [0.2, 0.25) is 0 Å². The molecule has 46 heavy (non-hydrogen) atoms. The molecular weight excluding hydrogens is 576 g/mol. The van der Waals surface area contributed by atoms with E-state index in [0.29, 0.717) is 24.3 Å². The number of hydroxylamine groups is 4. The smallest absolute Gasteiger partial charge is 0.251 e. The van der Waals surface area contributed by atoms with Crippen LogP contribution in [-0.4, -0.2) is 69.4 Å². The summed E-state index contributed by atoms with van der Waals surface area (Å²) in [5, 5.41) is 10.8. The van der Waals surface area contributed by atoms with Crippen LogP contribution in [0.2, 0.25) is 0 Å². The van der Waals surface area contributed by atoms with E-state index in [0.717, 1.165) is 49.7 Å². The number of nitrogens with one attached hydrogen (secondary N) is 2. The fraction of sp³-hybridized carbons (Fsp3) is 0.632. The van der Waals surface area contributed by atoms with Crippen molar-refractivity contribution < 1.29 is 19.3 Å². The lowest BCUT2D eigenvalue weighted by Crippen LogP contribution is -2.64. The highest BCUT2D eigenvalue weighted by Gasteiger charge is 2.48. The SMILES string of the molecule is CCCON1C(C)(C)CC(NC(=O)c2ccc(-c3ccc(C(=O)NC4CC(C)(C)N(OCCC)C(C)(C)C4)cc3)cc2)CC1(C)C. The van der Waals surface area contributed by atoms with Crippen molar-refractivity contribution in [3.05, 3.63) is 59.7 Å². The van der Waals surface area contributed by atoms with E-state index in [1.54, 1.807) is 0 Å². The summed E-state index contributed by atoms with van der Waals surface area (Å²) in [6, 6.07) is 15.5. The summed E-state index contributed by atoms with van der Waals surface area (Å²) in [6.45, 7) is 23.1. The Bertz CT molecular complexity index is 1190. The zero-order valence-electron chi connectivity index (χ0n) is 30.0. The molecule has 0 bridgehead atoms. The Morgan fingerprint density at radius 1 is 0.587 bits per heavy atom. The third-order valence-corrected chi connectivity index (χ3v) is 9.33. The van der Waals surface area contributed by atoms with E-state index in [-0.39, 0.29) is 46.1 Å². The minimum atomic E-state index is -0.199. The quantitative estimate of drug-likeness (QED) is 0.266. The molecule has 2 fully saturated rings. The molecule has 2 aromatic rings. The highest BCUT2D eigenvalue weighted by Crippen LogP contribution is 2.40. The van der Waals surface area contributed by atoms with E-state index in [1.165, 1.54) is 0 Å². The van der Waals surface area contributed by atoms with Crippen molar-refractivity contribution in [2.24, 2.45) is 0 Å². The highest BCUT2D eigenvalue weighted by molar-refractivity contribution is 5.96. The minimum Gasteiger partial charge on any atom is -0.349 e. The van der Waals surface area contributed by atoms with Gasteiger partial charge in [0.1, 0.15) is 0 Å². The number of benzene rings is 2. The lowest BCUT2D eigenvalue weighted by molar-refractivity contribution is -0.283. The third kappa shape index (κ3) is 8.38. The van der Waals surface area contributed by atoms with Crippen LogP contribution in [0, 0.1) is 0 Å². The molecule has 2 amide bonds. The summed E-state index contributed by atoms with van der Waals surface area (Å²) in [6.07, 6.45) is 5.17. The summed E-state index contributed by atoms with van der Waals surface area (Å²) < 4.78 is 0. The average molecular weight is 635 g/mol. The van der Waals surface area contributed by atoms with Crippen LogP contribution in [0.25, 0.3) is 11.1 Å². The van der Waals surface area contributed by atoms with Crippen LogP contribution in [0.4, 0.5) is 0 Å². The number of hydrogen-bond donors (Lipinski definition) is 2. The molecule has 0 saturated carbocycles. The largest absolute Gasteiger partial charge is 0.349 e. The Kier molecular flexibility index (Phi) is 11.1. The highest BCUT2D eigenvalue weighted by atomic mass is 16.7. The van der Waals surface area contributed by atoms with Gasteiger partial charge in [0.05, 0.1) is 13.2 Å². The number of nitrogens with zero attached hydrogens (tertiary/aromatic N) is 2. The molecule has 254 valence electrons. The minimum absolute atomic E-state index is 0.0522. The molecular formula is C38H58N4O4. The van der Waals surface area contributed by atoms with E-state index < -0.39 is 0 Å². The molecule has 4 rings (SSSR count). The van der Waals surface area contributed by atoms with Crippen LogP contribution in [-0.2, 0) is 9.68 Å². The molecule has 2 saturated heterocycles. The van der Waals surface area contributed by atoms with Crippen LogP contribution in [0.5, 0.6) is 0 Å². The van der Waals surface area contributed by atoms with Gasteiger partial charge in [-0.15, -0.1) is 0 Å². The molecule has 0 aromatic heterocycles. The van der Waals surface area contributed by atoms with Gasteiger partial charge in [-0.1, -0.05) is 38.1 Å². The van der Waals surface area contributed by atoms with Gasteiger partial charge in [-0.3, -0.25) is 19.3 Å². The second-order valence-corrected chi connectivity index (χ2v) is 15.8. The third-order valence-electron chi connectivity index (χ3n) is 9.33. The topological polar surface area (TPSA) is 83.1 Å². The van der Waals surface area contributed by atoms with Crippen molar-refractivity contribution in [1.29, 1.82) is 0 Å². The molecule has 0 unspecified atom stereocenters. The Morgan fingerprint density at radius 2 is 0.870 bits per heavy atom. The molecule has 0 spiro atoms. The average Bonchev–Trinajstić information content (AvgIpc) is 2.95. The predicted octanol–water partition coefficient (Wildman–Crippen LogP) is 7.54. The monoisotopic (exact) mass is 634 g/mol. The van der Waals surface area contributed by atoms with Gasteiger partial charge in [-0.2, -0.15) is 10.1 Å². The fourth-order valence-electron chi connectivity index (χ4n) is 7.96. The van der Waals surface area contributed by atoms with E-state index in [1.807, 2.05) is 48.5 Å². The van der Waals surface area contributed by atoms with Gasteiger partial charge in [0, 0.05) is 45.4 Å². The predicted molar refractivity (Wildman–Crippen MR) is 185 cm³/mol. The Morgan fingerprint density at radius 3 is 1.13 bits per heavy atom. The van der Waals surface area contributed by atoms with Gasteiger partial charge in [0.25, 0.3) is 11.8 Å². The van der Waals surface area contributed by atoms with Gasteiger partial charge in [-0.05, 0) is 129 Å². The first-order valence-electron chi connectivity index (χ1n) is 17.2. The first-order valence-corrected chi connectivity index (χ1v) is 17.2. The van der Waals surface area contributed by atoms with Crippen molar-refractivity contribution in [2.75, 3.05) is 13.2 Å². The first kappa shape index (κ1) is 36.1. The van der Waals surface area contributed by atoms with Crippen LogP contribution < -0.4 is 10.6 Å². The van der Waals surface area contributed by atoms with Crippen molar-refractivity contribution >= 4 is 11.8 Å². The lowest BCUT2D eigenvalue weighted by atomic mass is 9.79. The van der Waals surface area contributed by atoms with E-state index in [2.05, 4.69) is 90.0 Å². The van der Waals surface area contributed by atoms with Crippen LogP contribution in [0.1, 0.15) is 128 Å². The maximum absolute atomic E-state index is 13.3. The molecule has 2 aromatic carbocycles. The van der Waals surface area contributed by atoms with Crippen LogP contribution in [0.15, 0.2) is 48.5 Å². The second kappa shape index (κ2) is 14.1. The second-order valence-electron chi connectivity index (χ2n) is 15.8. The summed E-state index contributed by atoms with van der Waals surface area (Å²) in [5.41, 5.74) is 2.47. The number of rotatable bonds is 11. The van der Waals surface area contributed by atoms with Crippen LogP contribution in [0.3, 0.4) is 0 Å². The van der Waals surface area contributed by atoms with E-state index in [4.69, 9.17) is 9.68 Å². The molecule has 8 nitrogen and oxygen atoms in total. The van der Waals surface area contributed by atoms with Gasteiger partial charge in [0.15, 0.2) is 0 Å².